The number of aromatic nitrogens is 2. The molecule has 6 nitrogen and oxygen atoms in total. The zero-order valence-corrected chi connectivity index (χ0v) is 19.4. The molecule has 1 saturated heterocycles. The molecule has 176 valence electrons. The number of halogens is 1. The highest BCUT2D eigenvalue weighted by molar-refractivity contribution is 6.08. The average molecular weight is 469 g/mol. The summed E-state index contributed by atoms with van der Waals surface area (Å²) in [5.41, 5.74) is 5.06. The highest BCUT2D eigenvalue weighted by Crippen LogP contribution is 2.26. The van der Waals surface area contributed by atoms with Crippen LogP contribution >= 0.6 is 0 Å². The van der Waals surface area contributed by atoms with E-state index >= 15 is 0 Å². The maximum Gasteiger partial charge on any atom is 0.259 e. The van der Waals surface area contributed by atoms with E-state index in [1.807, 2.05) is 60.4 Å². The van der Waals surface area contributed by atoms with E-state index < -0.39 is 0 Å². The fraction of sp³-hybridized carbons (Fsp3) is 0.179. The van der Waals surface area contributed by atoms with Crippen LogP contribution in [0.1, 0.15) is 34.3 Å². The van der Waals surface area contributed by atoms with Crippen molar-refractivity contribution in [1.29, 1.82) is 0 Å². The predicted octanol–water partition coefficient (Wildman–Crippen LogP) is 5.36. The van der Waals surface area contributed by atoms with Crippen molar-refractivity contribution in [2.45, 2.75) is 26.3 Å². The number of rotatable bonds is 6. The van der Waals surface area contributed by atoms with E-state index in [0.717, 1.165) is 29.7 Å². The van der Waals surface area contributed by atoms with Crippen molar-refractivity contribution in [3.05, 3.63) is 102 Å². The van der Waals surface area contributed by atoms with E-state index in [1.165, 1.54) is 12.1 Å². The molecule has 1 N–H and O–H groups in total. The van der Waals surface area contributed by atoms with Gasteiger partial charge in [0.1, 0.15) is 11.5 Å². The van der Waals surface area contributed by atoms with Gasteiger partial charge in [-0.05, 0) is 61.4 Å². The first kappa shape index (κ1) is 22.5. The van der Waals surface area contributed by atoms with E-state index in [1.54, 1.807) is 23.0 Å². The number of nitrogens with zero attached hydrogens (tertiary/aromatic N) is 3. The summed E-state index contributed by atoms with van der Waals surface area (Å²) in [7, 11) is 0. The van der Waals surface area contributed by atoms with Crippen molar-refractivity contribution < 1.29 is 14.0 Å². The van der Waals surface area contributed by atoms with Gasteiger partial charge in [-0.25, -0.2) is 9.07 Å². The van der Waals surface area contributed by atoms with E-state index in [0.29, 0.717) is 35.6 Å². The van der Waals surface area contributed by atoms with Gasteiger partial charge in [-0.15, -0.1) is 0 Å². The molecular formula is C28H25FN4O2. The lowest BCUT2D eigenvalue weighted by Gasteiger charge is -2.16. The molecule has 1 aliphatic heterocycles. The molecule has 7 heteroatoms. The lowest BCUT2D eigenvalue weighted by atomic mass is 10.1. The minimum atomic E-state index is -0.340. The standard InChI is InChI=1S/C28H25FN4O2/c1-19-5-2-7-21(15-19)27-25(18-33(31-27)24-12-10-22(29)11-13-24)28(35)30-23-8-3-6-20(16-23)17-32-14-4-9-26(32)34/h2-3,5-8,10-13,15-16,18H,4,9,14,17H2,1H3,(H,30,35). The van der Waals surface area contributed by atoms with Gasteiger partial charge in [0, 0.05) is 37.0 Å². The number of likely N-dealkylation sites (tertiary alicyclic amines) is 1. The quantitative estimate of drug-likeness (QED) is 0.414. The third-order valence-corrected chi connectivity index (χ3v) is 6.07. The lowest BCUT2D eigenvalue weighted by molar-refractivity contribution is -0.128. The molecule has 0 unspecified atom stereocenters. The van der Waals surface area contributed by atoms with Gasteiger partial charge >= 0.3 is 0 Å². The molecule has 2 amide bonds. The summed E-state index contributed by atoms with van der Waals surface area (Å²) in [4.78, 5) is 27.2. The van der Waals surface area contributed by atoms with E-state index in [4.69, 9.17) is 0 Å². The Morgan fingerprint density at radius 1 is 1.06 bits per heavy atom. The SMILES string of the molecule is Cc1cccc(-c2nn(-c3ccc(F)cc3)cc2C(=O)Nc2cccc(CN3CCCC3=O)c2)c1. The second-order valence-electron chi connectivity index (χ2n) is 8.76. The molecule has 1 aromatic heterocycles. The van der Waals surface area contributed by atoms with Gasteiger partial charge in [0.25, 0.3) is 5.91 Å². The summed E-state index contributed by atoms with van der Waals surface area (Å²) in [5, 5.41) is 7.65. The molecule has 0 atom stereocenters. The Morgan fingerprint density at radius 2 is 1.86 bits per heavy atom. The largest absolute Gasteiger partial charge is 0.338 e. The Labute approximate surface area is 203 Å². The summed E-state index contributed by atoms with van der Waals surface area (Å²) in [6.45, 7) is 3.27. The van der Waals surface area contributed by atoms with Crippen molar-refractivity contribution in [1.82, 2.24) is 14.7 Å². The van der Waals surface area contributed by atoms with Gasteiger partial charge in [0.05, 0.1) is 11.3 Å². The lowest BCUT2D eigenvalue weighted by Crippen LogP contribution is -2.23. The van der Waals surface area contributed by atoms with Gasteiger partial charge in [-0.2, -0.15) is 5.10 Å². The van der Waals surface area contributed by atoms with Crippen LogP contribution in [0.5, 0.6) is 0 Å². The molecule has 0 saturated carbocycles. The first-order valence-electron chi connectivity index (χ1n) is 11.6. The van der Waals surface area contributed by atoms with E-state index in [-0.39, 0.29) is 17.6 Å². The number of carbonyl (C=O) groups is 2. The van der Waals surface area contributed by atoms with Crippen LogP contribution in [-0.2, 0) is 11.3 Å². The number of benzene rings is 3. The van der Waals surface area contributed by atoms with Crippen LogP contribution in [0.4, 0.5) is 10.1 Å². The van der Waals surface area contributed by atoms with Crippen LogP contribution in [0.3, 0.4) is 0 Å². The van der Waals surface area contributed by atoms with Crippen molar-refractivity contribution >= 4 is 17.5 Å². The number of nitrogens with one attached hydrogen (secondary N) is 1. The maximum absolute atomic E-state index is 13.4. The summed E-state index contributed by atoms with van der Waals surface area (Å²) in [6, 6.07) is 21.3. The fourth-order valence-corrected chi connectivity index (χ4v) is 4.31. The predicted molar refractivity (Wildman–Crippen MR) is 133 cm³/mol. The molecule has 0 bridgehead atoms. The first-order chi connectivity index (χ1) is 17.0. The Hall–Kier alpha value is -4.26. The molecule has 1 fully saturated rings. The maximum atomic E-state index is 13.4. The second-order valence-corrected chi connectivity index (χ2v) is 8.76. The number of hydrogen-bond donors (Lipinski definition) is 1. The molecular weight excluding hydrogens is 443 g/mol. The first-order valence-corrected chi connectivity index (χ1v) is 11.6. The minimum Gasteiger partial charge on any atom is -0.338 e. The summed E-state index contributed by atoms with van der Waals surface area (Å²) in [6.07, 6.45) is 3.14. The van der Waals surface area contributed by atoms with Crippen LogP contribution in [0, 0.1) is 12.7 Å². The molecule has 0 radical (unpaired) electrons. The van der Waals surface area contributed by atoms with Crippen LogP contribution in [0.25, 0.3) is 16.9 Å². The molecule has 5 rings (SSSR count). The van der Waals surface area contributed by atoms with Gasteiger partial charge in [0.15, 0.2) is 0 Å². The number of hydrogen-bond acceptors (Lipinski definition) is 3. The molecule has 1 aliphatic rings. The van der Waals surface area contributed by atoms with Gasteiger partial charge < -0.3 is 10.2 Å². The molecule has 4 aromatic rings. The Bertz CT molecular complexity index is 1390. The van der Waals surface area contributed by atoms with Gasteiger partial charge in [-0.1, -0.05) is 35.9 Å². The normalized spacial score (nSPS) is 13.3. The summed E-state index contributed by atoms with van der Waals surface area (Å²) in [5.74, 6) is -0.479. The van der Waals surface area contributed by atoms with Crippen molar-refractivity contribution in [3.8, 4) is 16.9 Å². The van der Waals surface area contributed by atoms with Crippen LogP contribution in [-0.4, -0.2) is 33.0 Å². The topological polar surface area (TPSA) is 67.2 Å². The molecule has 3 aromatic carbocycles. The highest BCUT2D eigenvalue weighted by atomic mass is 19.1. The van der Waals surface area contributed by atoms with Crippen molar-refractivity contribution in [3.63, 3.8) is 0 Å². The number of aryl methyl sites for hydroxylation is 1. The molecule has 35 heavy (non-hydrogen) atoms. The van der Waals surface area contributed by atoms with Crippen LogP contribution in [0.15, 0.2) is 79.0 Å². The number of carbonyl (C=O) groups excluding carboxylic acids is 2. The second kappa shape index (κ2) is 9.54. The summed E-state index contributed by atoms with van der Waals surface area (Å²) >= 11 is 0. The van der Waals surface area contributed by atoms with Gasteiger partial charge in [-0.3, -0.25) is 9.59 Å². The number of amides is 2. The Morgan fingerprint density at radius 3 is 2.60 bits per heavy atom. The van der Waals surface area contributed by atoms with Crippen molar-refractivity contribution in [2.24, 2.45) is 0 Å². The highest BCUT2D eigenvalue weighted by Gasteiger charge is 2.21. The van der Waals surface area contributed by atoms with Crippen molar-refractivity contribution in [2.75, 3.05) is 11.9 Å². The zero-order valence-electron chi connectivity index (χ0n) is 19.4. The zero-order chi connectivity index (χ0) is 24.4. The molecule has 2 heterocycles. The fourth-order valence-electron chi connectivity index (χ4n) is 4.31. The third-order valence-electron chi connectivity index (χ3n) is 6.07. The third kappa shape index (κ3) is 4.99. The minimum absolute atomic E-state index is 0.162. The monoisotopic (exact) mass is 468 g/mol. The number of anilines is 1. The van der Waals surface area contributed by atoms with E-state index in [9.17, 15) is 14.0 Å². The molecule has 0 aliphatic carbocycles. The van der Waals surface area contributed by atoms with Gasteiger partial charge in [0.2, 0.25) is 5.91 Å². The molecule has 0 spiro atoms. The van der Waals surface area contributed by atoms with Crippen LogP contribution < -0.4 is 5.32 Å². The van der Waals surface area contributed by atoms with Crippen LogP contribution in [0.2, 0.25) is 0 Å². The summed E-state index contributed by atoms with van der Waals surface area (Å²) < 4.78 is 15.0. The Balaban J connectivity index is 1.45. The average Bonchev–Trinajstić information content (AvgIpc) is 3.47. The Kier molecular flexibility index (Phi) is 6.14. The smallest absolute Gasteiger partial charge is 0.259 e. The van der Waals surface area contributed by atoms with E-state index in [2.05, 4.69) is 10.4 Å².